The predicted molar refractivity (Wildman–Crippen MR) is 48.1 cm³/mol. The van der Waals surface area contributed by atoms with E-state index in [0.29, 0.717) is 11.7 Å². The minimum absolute atomic E-state index is 0.408. The Balaban J connectivity index is 2.19. The molecule has 0 spiro atoms. The summed E-state index contributed by atoms with van der Waals surface area (Å²) in [5, 5.41) is 12.1. The van der Waals surface area contributed by atoms with Crippen LogP contribution in [0.5, 0.6) is 0 Å². The van der Waals surface area contributed by atoms with Crippen molar-refractivity contribution in [3.8, 4) is 6.07 Å². The van der Waals surface area contributed by atoms with Gasteiger partial charge in [0.1, 0.15) is 11.8 Å². The van der Waals surface area contributed by atoms with Crippen molar-refractivity contribution in [1.82, 2.24) is 14.9 Å². The lowest BCUT2D eigenvalue weighted by Crippen LogP contribution is -2.31. The lowest BCUT2D eigenvalue weighted by Gasteiger charge is -2.24. The number of hydrogen-bond donors (Lipinski definition) is 1. The van der Waals surface area contributed by atoms with Crippen LogP contribution in [0.2, 0.25) is 0 Å². The molecule has 1 aliphatic heterocycles. The van der Waals surface area contributed by atoms with Gasteiger partial charge in [-0.15, -0.1) is 0 Å². The third kappa shape index (κ3) is 1.56. The summed E-state index contributed by atoms with van der Waals surface area (Å²) in [6.45, 7) is 2.04. The summed E-state index contributed by atoms with van der Waals surface area (Å²) in [5.74, 6) is 0. The third-order valence-corrected chi connectivity index (χ3v) is 2.44. The minimum atomic E-state index is 0.408. The van der Waals surface area contributed by atoms with Crippen LogP contribution >= 0.6 is 0 Å². The van der Waals surface area contributed by atoms with Gasteiger partial charge >= 0.3 is 0 Å². The quantitative estimate of drug-likeness (QED) is 0.684. The summed E-state index contributed by atoms with van der Waals surface area (Å²) in [6.07, 6.45) is 5.68. The van der Waals surface area contributed by atoms with Crippen molar-refractivity contribution < 1.29 is 0 Å². The molecule has 1 fully saturated rings. The Hall–Kier alpha value is -1.34. The van der Waals surface area contributed by atoms with Gasteiger partial charge in [-0.25, -0.2) is 4.98 Å². The Kier molecular flexibility index (Phi) is 2.28. The highest BCUT2D eigenvalue weighted by Crippen LogP contribution is 2.17. The molecule has 1 aliphatic rings. The Bertz CT molecular complexity index is 317. The van der Waals surface area contributed by atoms with E-state index in [1.165, 1.54) is 6.42 Å². The molecule has 0 radical (unpaired) electrons. The summed E-state index contributed by atoms with van der Waals surface area (Å²) in [4.78, 5) is 3.98. The Morgan fingerprint density at radius 3 is 3.31 bits per heavy atom. The molecule has 13 heavy (non-hydrogen) atoms. The summed E-state index contributed by atoms with van der Waals surface area (Å²) in [6, 6.07) is 2.55. The maximum absolute atomic E-state index is 8.81. The van der Waals surface area contributed by atoms with Crippen molar-refractivity contribution in [2.24, 2.45) is 0 Å². The first kappa shape index (κ1) is 8.27. The maximum atomic E-state index is 8.81. The van der Waals surface area contributed by atoms with Crippen LogP contribution in [0.3, 0.4) is 0 Å². The zero-order valence-electron chi connectivity index (χ0n) is 7.40. The zero-order chi connectivity index (χ0) is 9.10. The molecule has 4 heteroatoms. The number of hydrogen-bond acceptors (Lipinski definition) is 3. The van der Waals surface area contributed by atoms with Crippen LogP contribution in [0.4, 0.5) is 0 Å². The van der Waals surface area contributed by atoms with E-state index in [1.807, 2.05) is 4.57 Å². The van der Waals surface area contributed by atoms with Crippen molar-refractivity contribution >= 4 is 0 Å². The number of nitrogens with one attached hydrogen (secondary N) is 1. The Labute approximate surface area is 77.2 Å². The standard InChI is InChI=1S/C9H12N4/c10-4-9-6-12-7-13(9)8-2-1-3-11-5-8/h6-8,11H,1-3,5H2. The Morgan fingerprint density at radius 2 is 2.62 bits per heavy atom. The normalized spacial score (nSPS) is 22.5. The van der Waals surface area contributed by atoms with Crippen molar-refractivity contribution in [3.05, 3.63) is 18.2 Å². The topological polar surface area (TPSA) is 53.6 Å². The summed E-state index contributed by atoms with van der Waals surface area (Å²) in [5.41, 5.74) is 0.661. The summed E-state index contributed by atoms with van der Waals surface area (Å²) in [7, 11) is 0. The maximum Gasteiger partial charge on any atom is 0.140 e. The molecule has 68 valence electrons. The van der Waals surface area contributed by atoms with Gasteiger partial charge in [0.05, 0.1) is 12.5 Å². The number of imidazole rings is 1. The molecule has 1 atom stereocenters. The van der Waals surface area contributed by atoms with Gasteiger partial charge in [-0.05, 0) is 19.4 Å². The van der Waals surface area contributed by atoms with Gasteiger partial charge in [0.2, 0.25) is 0 Å². The van der Waals surface area contributed by atoms with Gasteiger partial charge in [0.15, 0.2) is 0 Å². The van der Waals surface area contributed by atoms with E-state index >= 15 is 0 Å². The van der Waals surface area contributed by atoms with Gasteiger partial charge < -0.3 is 9.88 Å². The number of piperidine rings is 1. The molecule has 2 heterocycles. The molecule has 1 unspecified atom stereocenters. The van der Waals surface area contributed by atoms with E-state index in [1.54, 1.807) is 12.5 Å². The van der Waals surface area contributed by atoms with Crippen LogP contribution in [-0.2, 0) is 0 Å². The number of nitrogens with zero attached hydrogens (tertiary/aromatic N) is 3. The average molecular weight is 176 g/mol. The van der Waals surface area contributed by atoms with Gasteiger partial charge in [0, 0.05) is 12.6 Å². The highest BCUT2D eigenvalue weighted by Gasteiger charge is 2.16. The molecule has 1 saturated heterocycles. The van der Waals surface area contributed by atoms with E-state index in [2.05, 4.69) is 16.4 Å². The van der Waals surface area contributed by atoms with E-state index in [-0.39, 0.29) is 0 Å². The van der Waals surface area contributed by atoms with Gasteiger partial charge in [0.25, 0.3) is 0 Å². The molecule has 2 rings (SSSR count). The van der Waals surface area contributed by atoms with E-state index in [0.717, 1.165) is 19.5 Å². The first-order chi connectivity index (χ1) is 6.42. The first-order valence-corrected chi connectivity index (χ1v) is 4.54. The fourth-order valence-electron chi connectivity index (χ4n) is 1.75. The van der Waals surface area contributed by atoms with Crippen molar-refractivity contribution in [2.45, 2.75) is 18.9 Å². The molecule has 1 N–H and O–H groups in total. The van der Waals surface area contributed by atoms with Crippen LogP contribution in [0, 0.1) is 11.3 Å². The third-order valence-electron chi connectivity index (χ3n) is 2.44. The molecule has 1 aromatic rings. The van der Waals surface area contributed by atoms with Crippen LogP contribution < -0.4 is 5.32 Å². The lowest BCUT2D eigenvalue weighted by molar-refractivity contribution is 0.369. The Morgan fingerprint density at radius 1 is 1.69 bits per heavy atom. The number of rotatable bonds is 1. The molecular weight excluding hydrogens is 164 g/mol. The highest BCUT2D eigenvalue weighted by molar-refractivity contribution is 5.18. The molecule has 0 saturated carbocycles. The largest absolute Gasteiger partial charge is 0.318 e. The molecule has 1 aromatic heterocycles. The van der Waals surface area contributed by atoms with Crippen LogP contribution in [0.15, 0.2) is 12.5 Å². The van der Waals surface area contributed by atoms with Crippen molar-refractivity contribution in [3.63, 3.8) is 0 Å². The smallest absolute Gasteiger partial charge is 0.140 e. The number of nitriles is 1. The highest BCUT2D eigenvalue weighted by atomic mass is 15.1. The van der Waals surface area contributed by atoms with E-state index < -0.39 is 0 Å². The second kappa shape index (κ2) is 3.58. The van der Waals surface area contributed by atoms with Crippen LogP contribution in [0.1, 0.15) is 24.6 Å². The van der Waals surface area contributed by atoms with Crippen LogP contribution in [-0.4, -0.2) is 22.6 Å². The molecular formula is C9H12N4. The second-order valence-corrected chi connectivity index (χ2v) is 3.30. The average Bonchev–Trinajstić information content (AvgIpc) is 2.67. The minimum Gasteiger partial charge on any atom is -0.318 e. The van der Waals surface area contributed by atoms with Gasteiger partial charge in [-0.3, -0.25) is 0 Å². The fourth-order valence-corrected chi connectivity index (χ4v) is 1.75. The summed E-state index contributed by atoms with van der Waals surface area (Å²) < 4.78 is 1.96. The lowest BCUT2D eigenvalue weighted by atomic mass is 10.1. The number of aromatic nitrogens is 2. The monoisotopic (exact) mass is 176 g/mol. The zero-order valence-corrected chi connectivity index (χ0v) is 7.40. The summed E-state index contributed by atoms with van der Waals surface area (Å²) >= 11 is 0. The molecule has 0 aromatic carbocycles. The fraction of sp³-hybridized carbons (Fsp3) is 0.556. The van der Waals surface area contributed by atoms with Crippen molar-refractivity contribution in [1.29, 1.82) is 5.26 Å². The second-order valence-electron chi connectivity index (χ2n) is 3.30. The van der Waals surface area contributed by atoms with Gasteiger partial charge in [-0.1, -0.05) is 0 Å². The molecule has 0 aliphatic carbocycles. The molecule has 0 amide bonds. The van der Waals surface area contributed by atoms with E-state index in [4.69, 9.17) is 5.26 Å². The predicted octanol–water partition coefficient (Wildman–Crippen LogP) is 0.679. The molecule has 4 nitrogen and oxygen atoms in total. The van der Waals surface area contributed by atoms with Crippen molar-refractivity contribution in [2.75, 3.05) is 13.1 Å². The molecule has 0 bridgehead atoms. The SMILES string of the molecule is N#Cc1cncn1C1CCCNC1. The first-order valence-electron chi connectivity index (χ1n) is 4.54. The van der Waals surface area contributed by atoms with Crippen LogP contribution in [0.25, 0.3) is 0 Å². The van der Waals surface area contributed by atoms with E-state index in [9.17, 15) is 0 Å². The van der Waals surface area contributed by atoms with Gasteiger partial charge in [-0.2, -0.15) is 5.26 Å².